The van der Waals surface area contributed by atoms with E-state index in [1.54, 1.807) is 21.3 Å². The van der Waals surface area contributed by atoms with Crippen LogP contribution in [0, 0.1) is 0 Å². The summed E-state index contributed by atoms with van der Waals surface area (Å²) in [5.41, 5.74) is 6.66. The number of nitrogens with one attached hydrogen (secondary N) is 1. The maximum atomic E-state index is 5.71. The Balaban J connectivity index is 3.31. The highest BCUT2D eigenvalue weighted by atomic mass is 16.5. The first-order valence-electron chi connectivity index (χ1n) is 5.39. The van der Waals surface area contributed by atoms with Crippen LogP contribution in [0.3, 0.4) is 0 Å². The van der Waals surface area contributed by atoms with Crippen LogP contribution in [0.5, 0.6) is 17.2 Å². The van der Waals surface area contributed by atoms with E-state index in [1.165, 1.54) is 0 Å². The zero-order chi connectivity index (χ0) is 12.8. The minimum Gasteiger partial charge on any atom is -0.493 e. The molecule has 5 nitrogen and oxygen atoms in total. The highest BCUT2D eigenvalue weighted by molar-refractivity contribution is 5.56. The predicted molar refractivity (Wildman–Crippen MR) is 67.0 cm³/mol. The summed E-state index contributed by atoms with van der Waals surface area (Å²) in [5.74, 6) is 1.87. The minimum absolute atomic E-state index is 0.0183. The average molecular weight is 240 g/mol. The smallest absolute Gasteiger partial charge is 0.203 e. The molecule has 0 spiro atoms. The van der Waals surface area contributed by atoms with E-state index in [2.05, 4.69) is 5.32 Å². The molecule has 0 fully saturated rings. The summed E-state index contributed by atoms with van der Waals surface area (Å²) in [7, 11) is 6.63. The van der Waals surface area contributed by atoms with E-state index in [1.807, 2.05) is 19.2 Å². The SMILES string of the molecule is CNC(CN)c1ccc(OC)c(OC)c1OC. The third kappa shape index (κ3) is 2.62. The van der Waals surface area contributed by atoms with Crippen LogP contribution in [-0.4, -0.2) is 34.9 Å². The Hall–Kier alpha value is -1.46. The van der Waals surface area contributed by atoms with Crippen molar-refractivity contribution in [1.82, 2.24) is 5.32 Å². The first kappa shape index (κ1) is 13.6. The number of hydrogen-bond donors (Lipinski definition) is 2. The van der Waals surface area contributed by atoms with Gasteiger partial charge < -0.3 is 25.3 Å². The van der Waals surface area contributed by atoms with Crippen LogP contribution >= 0.6 is 0 Å². The molecule has 0 radical (unpaired) electrons. The summed E-state index contributed by atoms with van der Waals surface area (Å²) in [6.07, 6.45) is 0. The van der Waals surface area contributed by atoms with Crippen LogP contribution < -0.4 is 25.3 Å². The monoisotopic (exact) mass is 240 g/mol. The Morgan fingerprint density at radius 1 is 1.12 bits per heavy atom. The molecule has 0 aliphatic rings. The van der Waals surface area contributed by atoms with Gasteiger partial charge in [0.15, 0.2) is 11.5 Å². The molecular formula is C12H20N2O3. The van der Waals surface area contributed by atoms with Crippen molar-refractivity contribution in [3.05, 3.63) is 17.7 Å². The highest BCUT2D eigenvalue weighted by Crippen LogP contribution is 2.41. The fourth-order valence-electron chi connectivity index (χ4n) is 1.80. The van der Waals surface area contributed by atoms with Crippen molar-refractivity contribution in [3.63, 3.8) is 0 Å². The zero-order valence-corrected chi connectivity index (χ0v) is 10.7. The molecule has 1 rings (SSSR count). The first-order valence-corrected chi connectivity index (χ1v) is 5.39. The van der Waals surface area contributed by atoms with Crippen LogP contribution in [0.15, 0.2) is 12.1 Å². The molecule has 1 aromatic rings. The van der Waals surface area contributed by atoms with Gasteiger partial charge in [-0.2, -0.15) is 0 Å². The molecule has 0 saturated heterocycles. The molecule has 0 aliphatic carbocycles. The van der Waals surface area contributed by atoms with Gasteiger partial charge in [-0.1, -0.05) is 0 Å². The molecule has 0 amide bonds. The van der Waals surface area contributed by atoms with Gasteiger partial charge in [-0.05, 0) is 19.2 Å². The van der Waals surface area contributed by atoms with E-state index in [9.17, 15) is 0 Å². The lowest BCUT2D eigenvalue weighted by Crippen LogP contribution is -2.25. The van der Waals surface area contributed by atoms with Gasteiger partial charge in [0.1, 0.15) is 0 Å². The molecule has 17 heavy (non-hydrogen) atoms. The number of methoxy groups -OCH3 is 3. The summed E-state index contributed by atoms with van der Waals surface area (Å²) >= 11 is 0. The number of rotatable bonds is 6. The Morgan fingerprint density at radius 3 is 2.18 bits per heavy atom. The van der Waals surface area contributed by atoms with E-state index in [0.717, 1.165) is 5.56 Å². The molecule has 1 atom stereocenters. The summed E-state index contributed by atoms with van der Waals surface area (Å²) in [6, 6.07) is 3.79. The Morgan fingerprint density at radius 2 is 1.76 bits per heavy atom. The van der Waals surface area contributed by atoms with E-state index in [4.69, 9.17) is 19.9 Å². The summed E-state index contributed by atoms with van der Waals surface area (Å²) in [5, 5.41) is 3.13. The number of hydrogen-bond acceptors (Lipinski definition) is 5. The highest BCUT2D eigenvalue weighted by Gasteiger charge is 2.20. The fraction of sp³-hybridized carbons (Fsp3) is 0.500. The largest absolute Gasteiger partial charge is 0.493 e. The van der Waals surface area contributed by atoms with Crippen LogP contribution in [0.1, 0.15) is 11.6 Å². The Kier molecular flexibility index (Phi) is 5.06. The normalized spacial score (nSPS) is 12.1. The van der Waals surface area contributed by atoms with Gasteiger partial charge in [0.2, 0.25) is 5.75 Å². The van der Waals surface area contributed by atoms with Crippen molar-refractivity contribution in [3.8, 4) is 17.2 Å². The molecular weight excluding hydrogens is 220 g/mol. The molecule has 0 heterocycles. The quantitative estimate of drug-likeness (QED) is 0.774. The van der Waals surface area contributed by atoms with Crippen LogP contribution in [-0.2, 0) is 0 Å². The topological polar surface area (TPSA) is 65.7 Å². The van der Waals surface area contributed by atoms with Gasteiger partial charge in [-0.3, -0.25) is 0 Å². The number of likely N-dealkylation sites (N-methyl/N-ethyl adjacent to an activating group) is 1. The predicted octanol–water partition coefficient (Wildman–Crippen LogP) is 0.932. The number of benzene rings is 1. The van der Waals surface area contributed by atoms with Crippen LogP contribution in [0.25, 0.3) is 0 Å². The Bertz CT molecular complexity index is 365. The molecule has 1 aromatic carbocycles. The molecule has 0 saturated carbocycles. The lowest BCUT2D eigenvalue weighted by molar-refractivity contribution is 0.320. The van der Waals surface area contributed by atoms with E-state index in [-0.39, 0.29) is 6.04 Å². The van der Waals surface area contributed by atoms with Crippen LogP contribution in [0.2, 0.25) is 0 Å². The fourth-order valence-corrected chi connectivity index (χ4v) is 1.80. The van der Waals surface area contributed by atoms with Crippen molar-refractivity contribution in [1.29, 1.82) is 0 Å². The number of nitrogens with two attached hydrogens (primary N) is 1. The second-order valence-electron chi connectivity index (χ2n) is 3.50. The maximum Gasteiger partial charge on any atom is 0.203 e. The third-order valence-electron chi connectivity index (χ3n) is 2.69. The first-order chi connectivity index (χ1) is 8.23. The maximum absolute atomic E-state index is 5.71. The lowest BCUT2D eigenvalue weighted by atomic mass is 10.0. The van der Waals surface area contributed by atoms with Crippen LogP contribution in [0.4, 0.5) is 0 Å². The van der Waals surface area contributed by atoms with Crippen molar-refractivity contribution in [2.45, 2.75) is 6.04 Å². The van der Waals surface area contributed by atoms with Gasteiger partial charge >= 0.3 is 0 Å². The molecule has 0 bridgehead atoms. The minimum atomic E-state index is 0.0183. The molecule has 96 valence electrons. The van der Waals surface area contributed by atoms with Gasteiger partial charge in [0.25, 0.3) is 0 Å². The average Bonchev–Trinajstić information content (AvgIpc) is 2.39. The van der Waals surface area contributed by atoms with E-state index in [0.29, 0.717) is 23.8 Å². The second kappa shape index (κ2) is 6.32. The molecule has 5 heteroatoms. The van der Waals surface area contributed by atoms with Gasteiger partial charge in [0.05, 0.1) is 21.3 Å². The molecule has 0 aliphatic heterocycles. The van der Waals surface area contributed by atoms with Crippen molar-refractivity contribution in [2.75, 3.05) is 34.9 Å². The van der Waals surface area contributed by atoms with Crippen molar-refractivity contribution >= 4 is 0 Å². The Labute approximate surface area is 102 Å². The summed E-state index contributed by atoms with van der Waals surface area (Å²) in [6.45, 7) is 0.475. The molecule has 3 N–H and O–H groups in total. The second-order valence-corrected chi connectivity index (χ2v) is 3.50. The number of ether oxygens (including phenoxy) is 3. The van der Waals surface area contributed by atoms with Gasteiger partial charge in [-0.15, -0.1) is 0 Å². The van der Waals surface area contributed by atoms with Crippen molar-refractivity contribution in [2.24, 2.45) is 5.73 Å². The van der Waals surface area contributed by atoms with Gasteiger partial charge in [-0.25, -0.2) is 0 Å². The molecule has 0 aromatic heterocycles. The van der Waals surface area contributed by atoms with Crippen molar-refractivity contribution < 1.29 is 14.2 Å². The van der Waals surface area contributed by atoms with E-state index < -0.39 is 0 Å². The third-order valence-corrected chi connectivity index (χ3v) is 2.69. The standard InChI is InChI=1S/C12H20N2O3/c1-14-9(7-13)8-5-6-10(15-2)12(17-4)11(8)16-3/h5-6,9,14H,7,13H2,1-4H3. The lowest BCUT2D eigenvalue weighted by Gasteiger charge is -2.20. The summed E-state index contributed by atoms with van der Waals surface area (Å²) < 4.78 is 15.9. The summed E-state index contributed by atoms with van der Waals surface area (Å²) in [4.78, 5) is 0. The molecule has 1 unspecified atom stereocenters. The van der Waals surface area contributed by atoms with Gasteiger partial charge in [0, 0.05) is 18.2 Å². The zero-order valence-electron chi connectivity index (χ0n) is 10.7. The van der Waals surface area contributed by atoms with E-state index >= 15 is 0 Å².